The summed E-state index contributed by atoms with van der Waals surface area (Å²) in [6.07, 6.45) is 4.67. The summed E-state index contributed by atoms with van der Waals surface area (Å²) in [5, 5.41) is 10.8. The molecule has 0 unspecified atom stereocenters. The van der Waals surface area contributed by atoms with Crippen molar-refractivity contribution >= 4 is 40.1 Å². The number of halogens is 1. The molecule has 0 spiro atoms. The van der Waals surface area contributed by atoms with Crippen molar-refractivity contribution in [2.75, 3.05) is 6.61 Å². The SMILES string of the molecule is CCOC(=O)c1cc(-c2ccc(C=Nc3sc4c(c3C#N)CC[C@H](C(C)(C)C)C4)o2)ccc1Cl. The van der Waals surface area contributed by atoms with Crippen molar-refractivity contribution < 1.29 is 13.9 Å². The van der Waals surface area contributed by atoms with Crippen LogP contribution < -0.4 is 0 Å². The number of fused-ring (bicyclic) bond motifs is 1. The first kappa shape index (κ1) is 24.3. The van der Waals surface area contributed by atoms with E-state index in [2.05, 4.69) is 31.8 Å². The number of carbonyl (C=O) groups is 1. The van der Waals surface area contributed by atoms with Crippen LogP contribution in [0.4, 0.5) is 5.00 Å². The minimum atomic E-state index is -0.470. The average Bonchev–Trinajstić information content (AvgIpc) is 3.41. The highest BCUT2D eigenvalue weighted by molar-refractivity contribution is 7.16. The zero-order valence-electron chi connectivity index (χ0n) is 19.8. The summed E-state index contributed by atoms with van der Waals surface area (Å²) < 4.78 is 11.0. The lowest BCUT2D eigenvalue weighted by atomic mass is 9.72. The van der Waals surface area contributed by atoms with E-state index in [1.54, 1.807) is 42.7 Å². The van der Waals surface area contributed by atoms with Crippen molar-refractivity contribution in [3.8, 4) is 17.4 Å². The first-order valence-corrected chi connectivity index (χ1v) is 12.6. The van der Waals surface area contributed by atoms with Gasteiger partial charge in [0.05, 0.1) is 29.0 Å². The van der Waals surface area contributed by atoms with Gasteiger partial charge in [0.1, 0.15) is 22.6 Å². The highest BCUT2D eigenvalue weighted by Crippen LogP contribution is 2.45. The molecule has 0 saturated carbocycles. The van der Waals surface area contributed by atoms with Gasteiger partial charge in [0.25, 0.3) is 0 Å². The number of hydrogen-bond donors (Lipinski definition) is 0. The first-order chi connectivity index (χ1) is 16.2. The molecule has 0 aliphatic heterocycles. The lowest BCUT2D eigenvalue weighted by Gasteiger charge is -2.33. The molecule has 7 heteroatoms. The summed E-state index contributed by atoms with van der Waals surface area (Å²) in [4.78, 5) is 18.0. The van der Waals surface area contributed by atoms with Crippen LogP contribution in [0, 0.1) is 22.7 Å². The molecule has 34 heavy (non-hydrogen) atoms. The van der Waals surface area contributed by atoms with E-state index in [0.717, 1.165) is 29.8 Å². The van der Waals surface area contributed by atoms with Crippen LogP contribution in [-0.4, -0.2) is 18.8 Å². The molecule has 2 aromatic heterocycles. The van der Waals surface area contributed by atoms with Gasteiger partial charge in [-0.15, -0.1) is 11.3 Å². The van der Waals surface area contributed by atoms with Crippen LogP contribution in [0.25, 0.3) is 11.3 Å². The molecular weight excluding hydrogens is 468 g/mol. The third-order valence-corrected chi connectivity index (χ3v) is 7.76. The van der Waals surface area contributed by atoms with Gasteiger partial charge in [-0.25, -0.2) is 9.79 Å². The molecule has 1 aromatic carbocycles. The molecule has 0 N–H and O–H groups in total. The summed E-state index contributed by atoms with van der Waals surface area (Å²) in [6, 6.07) is 11.1. The number of benzene rings is 1. The minimum absolute atomic E-state index is 0.247. The second kappa shape index (κ2) is 9.77. The fraction of sp³-hybridized carbons (Fsp3) is 0.370. The number of rotatable bonds is 5. The zero-order chi connectivity index (χ0) is 24.5. The van der Waals surface area contributed by atoms with Crippen molar-refractivity contribution in [3.63, 3.8) is 0 Å². The van der Waals surface area contributed by atoms with Gasteiger partial charge in [0.2, 0.25) is 0 Å². The van der Waals surface area contributed by atoms with Crippen molar-refractivity contribution in [2.24, 2.45) is 16.3 Å². The lowest BCUT2D eigenvalue weighted by molar-refractivity contribution is 0.0526. The average molecular weight is 495 g/mol. The maximum Gasteiger partial charge on any atom is 0.339 e. The Morgan fingerprint density at radius 1 is 1.35 bits per heavy atom. The van der Waals surface area contributed by atoms with Crippen LogP contribution in [-0.2, 0) is 17.6 Å². The van der Waals surface area contributed by atoms with Crippen LogP contribution in [0.15, 0.2) is 39.7 Å². The van der Waals surface area contributed by atoms with E-state index in [4.69, 9.17) is 20.8 Å². The van der Waals surface area contributed by atoms with Gasteiger partial charge >= 0.3 is 5.97 Å². The van der Waals surface area contributed by atoms with E-state index < -0.39 is 5.97 Å². The Bertz CT molecular complexity index is 1290. The van der Waals surface area contributed by atoms with Gasteiger partial charge < -0.3 is 9.15 Å². The van der Waals surface area contributed by atoms with Crippen molar-refractivity contribution in [3.05, 3.63) is 62.7 Å². The Morgan fingerprint density at radius 3 is 2.85 bits per heavy atom. The molecule has 0 saturated heterocycles. The molecule has 0 fully saturated rings. The van der Waals surface area contributed by atoms with Crippen molar-refractivity contribution in [2.45, 2.75) is 47.0 Å². The van der Waals surface area contributed by atoms with Crippen molar-refractivity contribution in [1.82, 2.24) is 0 Å². The first-order valence-electron chi connectivity index (χ1n) is 11.4. The fourth-order valence-corrected chi connectivity index (χ4v) is 5.68. The molecule has 0 amide bonds. The molecule has 1 aliphatic rings. The third-order valence-electron chi connectivity index (χ3n) is 6.27. The minimum Gasteiger partial charge on any atom is -0.462 e. The van der Waals surface area contributed by atoms with Crippen LogP contribution in [0.1, 0.15) is 66.2 Å². The quantitative estimate of drug-likeness (QED) is 0.270. The normalized spacial score (nSPS) is 15.8. The van der Waals surface area contributed by atoms with E-state index in [1.165, 1.54) is 4.88 Å². The lowest BCUT2D eigenvalue weighted by Crippen LogP contribution is -2.26. The predicted octanol–water partition coefficient (Wildman–Crippen LogP) is 7.61. The van der Waals surface area contributed by atoms with E-state index in [9.17, 15) is 10.1 Å². The highest BCUT2D eigenvalue weighted by Gasteiger charge is 2.32. The monoisotopic (exact) mass is 494 g/mol. The van der Waals surface area contributed by atoms with E-state index in [-0.39, 0.29) is 12.0 Å². The zero-order valence-corrected chi connectivity index (χ0v) is 21.3. The van der Waals surface area contributed by atoms with E-state index in [1.807, 2.05) is 12.1 Å². The topological polar surface area (TPSA) is 75.6 Å². The maximum absolute atomic E-state index is 12.1. The van der Waals surface area contributed by atoms with Gasteiger partial charge in [0, 0.05) is 10.4 Å². The summed E-state index contributed by atoms with van der Waals surface area (Å²) in [5.41, 5.74) is 3.10. The van der Waals surface area contributed by atoms with Gasteiger partial charge in [-0.1, -0.05) is 32.4 Å². The number of carbonyl (C=O) groups excluding carboxylic acids is 1. The standard InChI is InChI=1S/C27H27ClN2O3S/c1-5-32-26(31)20-12-16(6-10-22(20)28)23-11-8-18(33-23)15-30-25-21(14-29)19-9-7-17(27(2,3)4)13-24(19)34-25/h6,8,10-12,15,17H,5,7,9,13H2,1-4H3/t17-/m0/s1. The smallest absolute Gasteiger partial charge is 0.339 e. The van der Waals surface area contributed by atoms with Gasteiger partial charge in [-0.2, -0.15) is 5.26 Å². The number of ether oxygens (including phenoxy) is 1. The number of thiophene rings is 1. The Morgan fingerprint density at radius 2 is 2.15 bits per heavy atom. The Balaban J connectivity index is 1.57. The number of furan rings is 1. The molecule has 1 aliphatic carbocycles. The number of nitrogens with zero attached hydrogens (tertiary/aromatic N) is 2. The molecule has 3 aromatic rings. The number of aliphatic imine (C=N–C) groups is 1. The van der Waals surface area contributed by atoms with Crippen LogP contribution in [0.2, 0.25) is 5.02 Å². The molecular formula is C27H27ClN2O3S. The summed E-state index contributed by atoms with van der Waals surface area (Å²) in [7, 11) is 0. The van der Waals surface area contributed by atoms with Crippen LogP contribution in [0.5, 0.6) is 0 Å². The summed E-state index contributed by atoms with van der Waals surface area (Å²) >= 11 is 7.78. The third kappa shape index (κ3) is 4.96. The molecule has 4 rings (SSSR count). The molecule has 176 valence electrons. The van der Waals surface area contributed by atoms with Crippen LogP contribution >= 0.6 is 22.9 Å². The Hall–Kier alpha value is -2.88. The van der Waals surface area contributed by atoms with E-state index >= 15 is 0 Å². The molecule has 1 atom stereocenters. The van der Waals surface area contributed by atoms with Crippen LogP contribution in [0.3, 0.4) is 0 Å². The number of hydrogen-bond acceptors (Lipinski definition) is 6. The molecule has 0 radical (unpaired) electrons. The second-order valence-electron chi connectivity index (χ2n) is 9.48. The summed E-state index contributed by atoms with van der Waals surface area (Å²) in [5.74, 6) is 1.28. The highest BCUT2D eigenvalue weighted by atomic mass is 35.5. The van der Waals surface area contributed by atoms with Gasteiger partial charge in [-0.05, 0) is 73.4 Å². The van der Waals surface area contributed by atoms with E-state index in [0.29, 0.717) is 39.2 Å². The predicted molar refractivity (Wildman–Crippen MR) is 136 cm³/mol. The largest absolute Gasteiger partial charge is 0.462 e. The Kier molecular flexibility index (Phi) is 6.97. The number of esters is 1. The van der Waals surface area contributed by atoms with Gasteiger partial charge in [-0.3, -0.25) is 0 Å². The Labute approximate surface area is 209 Å². The van der Waals surface area contributed by atoms with Gasteiger partial charge in [0.15, 0.2) is 0 Å². The molecule has 5 nitrogen and oxygen atoms in total. The molecule has 0 bridgehead atoms. The van der Waals surface area contributed by atoms with Crippen molar-refractivity contribution in [1.29, 1.82) is 5.26 Å². The number of nitriles is 1. The fourth-order valence-electron chi connectivity index (χ4n) is 4.26. The summed E-state index contributed by atoms with van der Waals surface area (Å²) in [6.45, 7) is 8.87. The molecule has 2 heterocycles. The maximum atomic E-state index is 12.1. The second-order valence-corrected chi connectivity index (χ2v) is 11.0.